The van der Waals surface area contributed by atoms with Crippen molar-refractivity contribution in [1.29, 1.82) is 0 Å². The summed E-state index contributed by atoms with van der Waals surface area (Å²) in [4.78, 5) is 0. The normalized spacial score (nSPS) is 10.7. The van der Waals surface area contributed by atoms with Gasteiger partial charge in [-0.15, -0.1) is 0 Å². The van der Waals surface area contributed by atoms with Crippen LogP contribution in [-0.2, 0) is 0 Å². The molecule has 0 spiro atoms. The van der Waals surface area contributed by atoms with Crippen molar-refractivity contribution >= 4 is 0 Å². The Morgan fingerprint density at radius 2 is 1.67 bits per heavy atom. The average molecular weight is 126 g/mol. The van der Waals surface area contributed by atoms with Crippen LogP contribution in [0.4, 0.5) is 0 Å². The lowest BCUT2D eigenvalue weighted by Crippen LogP contribution is -2.22. The van der Waals surface area contributed by atoms with Crippen LogP contribution in [0.5, 0.6) is 0 Å². The summed E-state index contributed by atoms with van der Waals surface area (Å²) in [6, 6.07) is 0.431. The molecule has 0 rings (SSSR count). The lowest BCUT2D eigenvalue weighted by Gasteiger charge is -2.11. The molecule has 0 aliphatic rings. The number of nitrogens with one attached hydrogen (secondary N) is 1. The summed E-state index contributed by atoms with van der Waals surface area (Å²) in [6.07, 6.45) is 4.63. The maximum Gasteiger partial charge on any atom is 0.0853 e. The first-order valence-corrected chi connectivity index (χ1v) is 3.77. The molecule has 9 heavy (non-hydrogen) atoms. The lowest BCUT2D eigenvalue weighted by molar-refractivity contribution is 0.493. The quantitative estimate of drug-likeness (QED) is 0.594. The molecule has 0 amide bonds. The molecule has 0 bridgehead atoms. The predicted octanol–water partition coefficient (Wildman–Crippen LogP) is 2.09. The Balaban J connectivity index is 3.18. The first-order valence-electron chi connectivity index (χ1n) is 3.77. The van der Waals surface area contributed by atoms with Crippen molar-refractivity contribution in [3.63, 3.8) is 0 Å². The van der Waals surface area contributed by atoms with Crippen molar-refractivity contribution in [2.75, 3.05) is 0 Å². The van der Waals surface area contributed by atoms with Gasteiger partial charge in [0.05, 0.1) is 7.05 Å². The summed E-state index contributed by atoms with van der Waals surface area (Å²) in [5.74, 6) is 0. The number of hydrogen-bond acceptors (Lipinski definition) is 1. The first-order chi connectivity index (χ1) is 4.35. The molecular weight excluding hydrogens is 110 g/mol. The molecule has 0 saturated heterocycles. The van der Waals surface area contributed by atoms with Crippen molar-refractivity contribution in [1.82, 2.24) is 5.32 Å². The van der Waals surface area contributed by atoms with E-state index in [2.05, 4.69) is 19.2 Å². The van der Waals surface area contributed by atoms with Crippen molar-refractivity contribution in [3.8, 4) is 0 Å². The smallest absolute Gasteiger partial charge is 0.0853 e. The Labute approximate surface area is 58.8 Å². The van der Waals surface area contributed by atoms with Crippen LogP contribution in [0.2, 0.25) is 0 Å². The molecule has 1 nitrogen and oxygen atoms in total. The molecule has 1 N–H and O–H groups in total. The second kappa shape index (κ2) is 6.09. The highest BCUT2D eigenvalue weighted by atomic mass is 14.9. The SMILES string of the molecule is [C]NC(CCC)CCC. The van der Waals surface area contributed by atoms with Crippen LogP contribution in [0.1, 0.15) is 39.5 Å². The molecule has 0 fully saturated rings. The van der Waals surface area contributed by atoms with Gasteiger partial charge in [-0.25, -0.2) is 0 Å². The van der Waals surface area contributed by atoms with Crippen LogP contribution in [-0.4, -0.2) is 6.04 Å². The van der Waals surface area contributed by atoms with Gasteiger partial charge in [0, 0.05) is 6.04 Å². The van der Waals surface area contributed by atoms with Crippen molar-refractivity contribution in [2.45, 2.75) is 45.6 Å². The third-order valence-corrected chi connectivity index (χ3v) is 1.48. The van der Waals surface area contributed by atoms with Crippen LogP contribution < -0.4 is 5.32 Å². The topological polar surface area (TPSA) is 12.0 Å². The Kier molecular flexibility index (Phi) is 6.06. The molecule has 3 radical (unpaired) electrons. The van der Waals surface area contributed by atoms with Gasteiger partial charge in [-0.3, -0.25) is 0 Å². The van der Waals surface area contributed by atoms with Gasteiger partial charge in [-0.1, -0.05) is 26.7 Å². The van der Waals surface area contributed by atoms with E-state index in [1.165, 1.54) is 12.8 Å². The summed E-state index contributed by atoms with van der Waals surface area (Å²) in [5.41, 5.74) is 0. The molecule has 1 heteroatoms. The minimum absolute atomic E-state index is 0.431. The second-order valence-corrected chi connectivity index (χ2v) is 2.42. The van der Waals surface area contributed by atoms with Crippen molar-refractivity contribution in [3.05, 3.63) is 7.05 Å². The molecule has 0 heterocycles. The van der Waals surface area contributed by atoms with Crippen molar-refractivity contribution in [2.24, 2.45) is 0 Å². The van der Waals surface area contributed by atoms with Gasteiger partial charge in [-0.05, 0) is 12.8 Å². The summed E-state index contributed by atoms with van der Waals surface area (Å²) in [7, 11) is 6.92. The molecule has 0 aromatic rings. The lowest BCUT2D eigenvalue weighted by atomic mass is 10.1. The van der Waals surface area contributed by atoms with Gasteiger partial charge in [0.15, 0.2) is 0 Å². The van der Waals surface area contributed by atoms with E-state index in [9.17, 15) is 0 Å². The number of hydrogen-bond donors (Lipinski definition) is 1. The zero-order chi connectivity index (χ0) is 7.11. The maximum atomic E-state index is 6.92. The molecule has 0 aromatic carbocycles. The standard InChI is InChI=1S/C8H16N/c1-4-6-8(9-3)7-5-2/h8-9H,4-7H2,1-2H3. The second-order valence-electron chi connectivity index (χ2n) is 2.42. The first kappa shape index (κ1) is 8.96. The van der Waals surface area contributed by atoms with Gasteiger partial charge >= 0.3 is 0 Å². The van der Waals surface area contributed by atoms with Gasteiger partial charge in [0.2, 0.25) is 0 Å². The highest BCUT2D eigenvalue weighted by Gasteiger charge is 2.00. The third kappa shape index (κ3) is 4.46. The summed E-state index contributed by atoms with van der Waals surface area (Å²) in [5, 5.41) is 2.55. The van der Waals surface area contributed by atoms with E-state index in [0.717, 1.165) is 12.8 Å². The molecule has 0 aromatic heterocycles. The Morgan fingerprint density at radius 3 is 1.89 bits per heavy atom. The zero-order valence-corrected chi connectivity index (χ0v) is 6.41. The predicted molar refractivity (Wildman–Crippen MR) is 40.0 cm³/mol. The van der Waals surface area contributed by atoms with Gasteiger partial charge in [0.1, 0.15) is 0 Å². The van der Waals surface area contributed by atoms with Crippen LogP contribution in [0, 0.1) is 7.05 Å². The minimum atomic E-state index is 0.431. The van der Waals surface area contributed by atoms with E-state index in [-0.39, 0.29) is 0 Å². The van der Waals surface area contributed by atoms with Gasteiger partial charge in [-0.2, -0.15) is 0 Å². The van der Waals surface area contributed by atoms with E-state index in [0.29, 0.717) is 6.04 Å². The molecule has 0 unspecified atom stereocenters. The van der Waals surface area contributed by atoms with E-state index < -0.39 is 0 Å². The third-order valence-electron chi connectivity index (χ3n) is 1.48. The Morgan fingerprint density at radius 1 is 1.22 bits per heavy atom. The minimum Gasteiger partial charge on any atom is -0.303 e. The Bertz CT molecular complexity index is 46.5. The van der Waals surface area contributed by atoms with Gasteiger partial charge in [0.25, 0.3) is 0 Å². The van der Waals surface area contributed by atoms with E-state index >= 15 is 0 Å². The zero-order valence-electron chi connectivity index (χ0n) is 6.41. The summed E-state index contributed by atoms with van der Waals surface area (Å²) >= 11 is 0. The average Bonchev–Trinajstić information content (AvgIpc) is 1.88. The molecule has 0 atom stereocenters. The Hall–Kier alpha value is -0.0400. The van der Waals surface area contributed by atoms with Gasteiger partial charge < -0.3 is 5.32 Å². The molecular formula is C8H16N. The van der Waals surface area contributed by atoms with Crippen LogP contribution >= 0.6 is 0 Å². The number of rotatable bonds is 5. The molecule has 0 saturated carbocycles. The highest BCUT2D eigenvalue weighted by Crippen LogP contribution is 2.02. The fourth-order valence-electron chi connectivity index (χ4n) is 0.986. The summed E-state index contributed by atoms with van der Waals surface area (Å²) in [6.45, 7) is 4.31. The monoisotopic (exact) mass is 126 g/mol. The van der Waals surface area contributed by atoms with Crippen LogP contribution in [0.3, 0.4) is 0 Å². The van der Waals surface area contributed by atoms with Crippen LogP contribution in [0.25, 0.3) is 0 Å². The van der Waals surface area contributed by atoms with Crippen molar-refractivity contribution < 1.29 is 0 Å². The summed E-state index contributed by atoms with van der Waals surface area (Å²) < 4.78 is 0. The van der Waals surface area contributed by atoms with E-state index in [1.807, 2.05) is 0 Å². The highest BCUT2D eigenvalue weighted by molar-refractivity contribution is 4.63. The molecule has 0 aliphatic heterocycles. The largest absolute Gasteiger partial charge is 0.303 e. The molecule has 53 valence electrons. The van der Waals surface area contributed by atoms with Crippen LogP contribution in [0.15, 0.2) is 0 Å². The van der Waals surface area contributed by atoms with E-state index in [4.69, 9.17) is 7.05 Å². The molecule has 0 aliphatic carbocycles. The fourth-order valence-corrected chi connectivity index (χ4v) is 0.986. The fraction of sp³-hybridized carbons (Fsp3) is 0.875. The maximum absolute atomic E-state index is 6.92. The van der Waals surface area contributed by atoms with E-state index in [1.54, 1.807) is 0 Å².